The Morgan fingerprint density at radius 3 is 2.59 bits per heavy atom. The van der Waals surface area contributed by atoms with Crippen LogP contribution in [0.25, 0.3) is 0 Å². The summed E-state index contributed by atoms with van der Waals surface area (Å²) in [5, 5.41) is 12.0. The second-order valence-corrected chi connectivity index (χ2v) is 4.75. The summed E-state index contributed by atoms with van der Waals surface area (Å²) in [6.07, 6.45) is 0.339. The normalized spacial score (nSPS) is 14.4. The van der Waals surface area contributed by atoms with Crippen molar-refractivity contribution in [1.29, 1.82) is 0 Å². The van der Waals surface area contributed by atoms with Crippen molar-refractivity contribution in [3.63, 3.8) is 0 Å². The molecule has 1 aromatic rings. The highest BCUT2D eigenvalue weighted by atomic mass is 16.3. The zero-order chi connectivity index (χ0) is 13.0. The highest BCUT2D eigenvalue weighted by Gasteiger charge is 2.13. The summed E-state index contributed by atoms with van der Waals surface area (Å²) in [5.41, 5.74) is 0.979. The Morgan fingerprint density at radius 2 is 2.12 bits per heavy atom. The predicted molar refractivity (Wildman–Crippen MR) is 66.0 cm³/mol. The number of furan rings is 1. The van der Waals surface area contributed by atoms with Gasteiger partial charge in [0, 0.05) is 6.54 Å². The molecule has 0 aliphatic rings. The standard InChI is InChI=1S/C13H21NO3/c1-8(5-10(3)15)7-14-13(16)12-6-9(2)11(4)17-12/h6,8,10,15H,5,7H2,1-4H3,(H,14,16). The average molecular weight is 239 g/mol. The van der Waals surface area contributed by atoms with Crippen molar-refractivity contribution in [1.82, 2.24) is 5.32 Å². The van der Waals surface area contributed by atoms with Gasteiger partial charge in [-0.3, -0.25) is 4.79 Å². The van der Waals surface area contributed by atoms with Crippen molar-refractivity contribution in [3.8, 4) is 0 Å². The number of hydrogen-bond donors (Lipinski definition) is 2. The molecule has 1 amide bonds. The third kappa shape index (κ3) is 4.23. The molecule has 0 fully saturated rings. The van der Waals surface area contributed by atoms with Gasteiger partial charge in [0.25, 0.3) is 5.91 Å². The number of hydrogen-bond acceptors (Lipinski definition) is 3. The Balaban J connectivity index is 2.45. The van der Waals surface area contributed by atoms with Gasteiger partial charge in [0.15, 0.2) is 5.76 Å². The molecule has 0 saturated carbocycles. The van der Waals surface area contributed by atoms with Crippen molar-refractivity contribution in [2.24, 2.45) is 5.92 Å². The van der Waals surface area contributed by atoms with Crippen LogP contribution >= 0.6 is 0 Å². The summed E-state index contributed by atoms with van der Waals surface area (Å²) in [7, 11) is 0. The first-order chi connectivity index (χ1) is 7.90. The summed E-state index contributed by atoms with van der Waals surface area (Å²) < 4.78 is 5.33. The fraction of sp³-hybridized carbons (Fsp3) is 0.615. The third-order valence-electron chi connectivity index (χ3n) is 2.74. The molecule has 2 atom stereocenters. The molecule has 0 saturated heterocycles. The summed E-state index contributed by atoms with van der Waals surface area (Å²) in [6.45, 7) is 8.03. The molecule has 0 aliphatic heterocycles. The van der Waals surface area contributed by atoms with Crippen LogP contribution in [0.4, 0.5) is 0 Å². The molecule has 2 N–H and O–H groups in total. The van der Waals surface area contributed by atoms with Gasteiger partial charge in [0.05, 0.1) is 6.10 Å². The molecule has 17 heavy (non-hydrogen) atoms. The summed E-state index contributed by atoms with van der Waals surface area (Å²) in [6, 6.07) is 1.74. The first-order valence-corrected chi connectivity index (χ1v) is 5.93. The quantitative estimate of drug-likeness (QED) is 0.826. The van der Waals surface area contributed by atoms with E-state index >= 15 is 0 Å². The Hall–Kier alpha value is -1.29. The van der Waals surface area contributed by atoms with Gasteiger partial charge in [0.1, 0.15) is 5.76 Å². The smallest absolute Gasteiger partial charge is 0.287 e. The van der Waals surface area contributed by atoms with Gasteiger partial charge in [-0.1, -0.05) is 6.92 Å². The molecule has 0 aromatic carbocycles. The fourth-order valence-corrected chi connectivity index (χ4v) is 1.70. The van der Waals surface area contributed by atoms with E-state index in [0.29, 0.717) is 18.7 Å². The molecule has 96 valence electrons. The van der Waals surface area contributed by atoms with Gasteiger partial charge in [-0.05, 0) is 44.7 Å². The number of amides is 1. The minimum atomic E-state index is -0.338. The lowest BCUT2D eigenvalue weighted by Crippen LogP contribution is -2.29. The molecular weight excluding hydrogens is 218 g/mol. The van der Waals surface area contributed by atoms with Crippen LogP contribution in [0, 0.1) is 19.8 Å². The van der Waals surface area contributed by atoms with Gasteiger partial charge in [0.2, 0.25) is 0 Å². The zero-order valence-electron chi connectivity index (χ0n) is 10.9. The monoisotopic (exact) mass is 239 g/mol. The van der Waals surface area contributed by atoms with E-state index in [9.17, 15) is 9.90 Å². The van der Waals surface area contributed by atoms with E-state index in [-0.39, 0.29) is 17.9 Å². The SMILES string of the molecule is Cc1cc(C(=O)NCC(C)CC(C)O)oc1C. The van der Waals surface area contributed by atoms with Crippen LogP contribution in [0.15, 0.2) is 10.5 Å². The number of aryl methyl sites for hydroxylation is 2. The van der Waals surface area contributed by atoms with Crippen LogP contribution in [-0.2, 0) is 0 Å². The lowest BCUT2D eigenvalue weighted by molar-refractivity contribution is 0.0910. The largest absolute Gasteiger partial charge is 0.456 e. The summed E-state index contributed by atoms with van der Waals surface area (Å²) in [5.74, 6) is 1.17. The van der Waals surface area contributed by atoms with Crippen molar-refractivity contribution < 1.29 is 14.3 Å². The minimum Gasteiger partial charge on any atom is -0.456 e. The highest BCUT2D eigenvalue weighted by Crippen LogP contribution is 2.13. The van der Waals surface area contributed by atoms with Crippen molar-refractivity contribution in [2.75, 3.05) is 6.54 Å². The number of aliphatic hydroxyl groups excluding tert-OH is 1. The van der Waals surface area contributed by atoms with E-state index in [1.165, 1.54) is 0 Å². The third-order valence-corrected chi connectivity index (χ3v) is 2.74. The molecular formula is C13H21NO3. The second-order valence-electron chi connectivity index (χ2n) is 4.75. The first-order valence-electron chi connectivity index (χ1n) is 5.93. The lowest BCUT2D eigenvalue weighted by Gasteiger charge is -2.13. The zero-order valence-corrected chi connectivity index (χ0v) is 10.9. The van der Waals surface area contributed by atoms with Gasteiger partial charge in [-0.25, -0.2) is 0 Å². The lowest BCUT2D eigenvalue weighted by atomic mass is 10.0. The minimum absolute atomic E-state index is 0.196. The molecule has 0 radical (unpaired) electrons. The van der Waals surface area contributed by atoms with Gasteiger partial charge < -0.3 is 14.8 Å². The van der Waals surface area contributed by atoms with Crippen LogP contribution in [0.5, 0.6) is 0 Å². The second kappa shape index (κ2) is 5.87. The number of rotatable bonds is 5. The fourth-order valence-electron chi connectivity index (χ4n) is 1.70. The molecule has 1 aromatic heterocycles. The summed E-state index contributed by atoms with van der Waals surface area (Å²) in [4.78, 5) is 11.7. The molecule has 4 nitrogen and oxygen atoms in total. The molecule has 0 spiro atoms. The molecule has 4 heteroatoms. The Labute approximate surface area is 102 Å². The van der Waals surface area contributed by atoms with Gasteiger partial charge in [-0.15, -0.1) is 0 Å². The topological polar surface area (TPSA) is 62.5 Å². The van der Waals surface area contributed by atoms with Crippen molar-refractivity contribution in [2.45, 2.75) is 40.2 Å². The van der Waals surface area contributed by atoms with E-state index in [2.05, 4.69) is 5.32 Å². The van der Waals surface area contributed by atoms with E-state index < -0.39 is 0 Å². The maximum atomic E-state index is 11.7. The van der Waals surface area contributed by atoms with Crippen LogP contribution in [0.3, 0.4) is 0 Å². The molecule has 1 rings (SSSR count). The van der Waals surface area contributed by atoms with E-state index in [1.807, 2.05) is 20.8 Å². The van der Waals surface area contributed by atoms with Crippen LogP contribution in [-0.4, -0.2) is 23.7 Å². The average Bonchev–Trinajstić information content (AvgIpc) is 2.55. The number of carbonyl (C=O) groups excluding carboxylic acids is 1. The summed E-state index contributed by atoms with van der Waals surface area (Å²) >= 11 is 0. The highest BCUT2D eigenvalue weighted by molar-refractivity contribution is 5.91. The number of carbonyl (C=O) groups is 1. The maximum Gasteiger partial charge on any atom is 0.287 e. The maximum absolute atomic E-state index is 11.7. The molecule has 1 heterocycles. The number of aliphatic hydroxyl groups is 1. The van der Waals surface area contributed by atoms with E-state index in [0.717, 1.165) is 11.3 Å². The Bertz CT molecular complexity index is 363. The molecule has 0 bridgehead atoms. The van der Waals surface area contributed by atoms with E-state index in [4.69, 9.17) is 4.42 Å². The van der Waals surface area contributed by atoms with Crippen LogP contribution in [0.2, 0.25) is 0 Å². The first kappa shape index (κ1) is 13.8. The predicted octanol–water partition coefficient (Wildman–Crippen LogP) is 2.03. The number of nitrogens with one attached hydrogen (secondary N) is 1. The van der Waals surface area contributed by atoms with Gasteiger partial charge >= 0.3 is 0 Å². The Morgan fingerprint density at radius 1 is 1.47 bits per heavy atom. The van der Waals surface area contributed by atoms with Crippen LogP contribution in [0.1, 0.15) is 42.1 Å². The Kier molecular flexibility index (Phi) is 4.75. The molecule has 2 unspecified atom stereocenters. The van der Waals surface area contributed by atoms with E-state index in [1.54, 1.807) is 13.0 Å². The van der Waals surface area contributed by atoms with Crippen molar-refractivity contribution >= 4 is 5.91 Å². The van der Waals surface area contributed by atoms with Crippen LogP contribution < -0.4 is 5.32 Å². The van der Waals surface area contributed by atoms with Gasteiger partial charge in [-0.2, -0.15) is 0 Å². The van der Waals surface area contributed by atoms with Crippen molar-refractivity contribution in [3.05, 3.63) is 23.2 Å². The molecule has 0 aliphatic carbocycles.